The number of carbonyl (C=O) groups excluding carboxylic acids is 2. The number of hydrogen-bond acceptors (Lipinski definition) is 3. The third kappa shape index (κ3) is 6.09. The fourth-order valence-corrected chi connectivity index (χ4v) is 4.02. The zero-order chi connectivity index (χ0) is 22.4. The van der Waals surface area contributed by atoms with Gasteiger partial charge in [0.05, 0.1) is 6.61 Å². The van der Waals surface area contributed by atoms with Crippen LogP contribution in [0, 0.1) is 27.7 Å². The summed E-state index contributed by atoms with van der Waals surface area (Å²) in [6.45, 7) is 10.0. The van der Waals surface area contributed by atoms with E-state index >= 15 is 0 Å². The Labute approximate surface area is 185 Å². The van der Waals surface area contributed by atoms with E-state index in [1.807, 2.05) is 69.0 Å². The van der Waals surface area contributed by atoms with Gasteiger partial charge in [-0.2, -0.15) is 0 Å². The normalized spacial score (nSPS) is 14.4. The molecule has 2 aromatic rings. The molecule has 0 saturated carbocycles. The zero-order valence-electron chi connectivity index (χ0n) is 19.2. The van der Waals surface area contributed by atoms with E-state index in [0.717, 1.165) is 40.8 Å². The summed E-state index contributed by atoms with van der Waals surface area (Å²) in [5.74, 6) is 1.06. The molecule has 1 N–H and O–H groups in total. The second-order valence-electron chi connectivity index (χ2n) is 8.61. The number of nitrogens with one attached hydrogen (secondary N) is 1. The topological polar surface area (TPSA) is 58.6 Å². The molecule has 0 spiro atoms. The average Bonchev–Trinajstić information content (AvgIpc) is 2.75. The van der Waals surface area contributed by atoms with Gasteiger partial charge in [-0.25, -0.2) is 0 Å². The molecule has 3 rings (SSSR count). The number of rotatable bonds is 7. The van der Waals surface area contributed by atoms with E-state index in [1.165, 1.54) is 5.56 Å². The maximum Gasteiger partial charge on any atom is 0.253 e. The van der Waals surface area contributed by atoms with Gasteiger partial charge in [0, 0.05) is 31.1 Å². The minimum absolute atomic E-state index is 0.0593. The minimum atomic E-state index is 0.0593. The van der Waals surface area contributed by atoms with Crippen molar-refractivity contribution in [3.05, 3.63) is 64.2 Å². The number of amides is 2. The molecule has 1 heterocycles. The summed E-state index contributed by atoms with van der Waals surface area (Å²) < 4.78 is 5.88. The second-order valence-corrected chi connectivity index (χ2v) is 8.61. The first-order chi connectivity index (χ1) is 14.8. The van der Waals surface area contributed by atoms with Gasteiger partial charge >= 0.3 is 0 Å². The summed E-state index contributed by atoms with van der Waals surface area (Å²) >= 11 is 0. The lowest BCUT2D eigenvalue weighted by Crippen LogP contribution is -2.46. The fourth-order valence-electron chi connectivity index (χ4n) is 4.02. The SMILES string of the molecule is Cc1ccc(C(=O)N2CCC(NC(=O)CCCOc3c(C)cccc3C)CC2)cc1C. The number of carbonyl (C=O) groups is 2. The van der Waals surface area contributed by atoms with E-state index in [4.69, 9.17) is 4.74 Å². The van der Waals surface area contributed by atoms with Crippen LogP contribution in [-0.2, 0) is 4.79 Å². The first-order valence-electron chi connectivity index (χ1n) is 11.2. The van der Waals surface area contributed by atoms with E-state index < -0.39 is 0 Å². The maximum atomic E-state index is 12.8. The monoisotopic (exact) mass is 422 g/mol. The Hall–Kier alpha value is -2.82. The summed E-state index contributed by atoms with van der Waals surface area (Å²) in [6.07, 6.45) is 2.72. The van der Waals surface area contributed by atoms with Crippen LogP contribution in [-0.4, -0.2) is 42.5 Å². The third-order valence-corrected chi connectivity index (χ3v) is 6.10. The number of para-hydroxylation sites is 1. The first kappa shape index (κ1) is 22.9. The highest BCUT2D eigenvalue weighted by atomic mass is 16.5. The highest BCUT2D eigenvalue weighted by Crippen LogP contribution is 2.22. The van der Waals surface area contributed by atoms with Crippen molar-refractivity contribution < 1.29 is 14.3 Å². The summed E-state index contributed by atoms with van der Waals surface area (Å²) in [5.41, 5.74) is 5.31. The molecule has 0 unspecified atom stereocenters. The number of benzene rings is 2. The van der Waals surface area contributed by atoms with Gasteiger partial charge in [-0.05, 0) is 81.3 Å². The lowest BCUT2D eigenvalue weighted by atomic mass is 10.0. The van der Waals surface area contributed by atoms with Crippen LogP contribution in [0.25, 0.3) is 0 Å². The van der Waals surface area contributed by atoms with E-state index in [0.29, 0.717) is 32.5 Å². The molecule has 1 aliphatic heterocycles. The van der Waals surface area contributed by atoms with Crippen LogP contribution in [0.3, 0.4) is 0 Å². The van der Waals surface area contributed by atoms with Crippen LogP contribution in [0.1, 0.15) is 58.3 Å². The van der Waals surface area contributed by atoms with Gasteiger partial charge in [0.1, 0.15) is 5.75 Å². The van der Waals surface area contributed by atoms with Crippen LogP contribution < -0.4 is 10.1 Å². The number of ether oxygens (including phenoxy) is 1. The Morgan fingerprint density at radius 3 is 2.29 bits per heavy atom. The molecular weight excluding hydrogens is 388 g/mol. The molecule has 5 heteroatoms. The zero-order valence-corrected chi connectivity index (χ0v) is 19.2. The minimum Gasteiger partial charge on any atom is -0.493 e. The Morgan fingerprint density at radius 2 is 1.65 bits per heavy atom. The number of likely N-dealkylation sites (tertiary alicyclic amines) is 1. The van der Waals surface area contributed by atoms with E-state index in [-0.39, 0.29) is 17.9 Å². The van der Waals surface area contributed by atoms with Crippen LogP contribution in [0.5, 0.6) is 5.75 Å². The van der Waals surface area contributed by atoms with Gasteiger partial charge in [-0.1, -0.05) is 24.3 Å². The van der Waals surface area contributed by atoms with Gasteiger partial charge in [-0.3, -0.25) is 9.59 Å². The summed E-state index contributed by atoms with van der Waals surface area (Å²) in [4.78, 5) is 27.0. The molecular formula is C26H34N2O3. The van der Waals surface area contributed by atoms with Crippen molar-refractivity contribution in [3.63, 3.8) is 0 Å². The van der Waals surface area contributed by atoms with Crippen LogP contribution >= 0.6 is 0 Å². The molecule has 166 valence electrons. The van der Waals surface area contributed by atoms with Crippen molar-refractivity contribution in [2.75, 3.05) is 19.7 Å². The van der Waals surface area contributed by atoms with Crippen LogP contribution in [0.4, 0.5) is 0 Å². The van der Waals surface area contributed by atoms with E-state index in [2.05, 4.69) is 5.32 Å². The summed E-state index contributed by atoms with van der Waals surface area (Å²) in [5, 5.41) is 3.12. The number of aryl methyl sites for hydroxylation is 4. The van der Waals surface area contributed by atoms with Gasteiger partial charge in [0.25, 0.3) is 5.91 Å². The molecule has 1 saturated heterocycles. The van der Waals surface area contributed by atoms with Crippen molar-refractivity contribution >= 4 is 11.8 Å². The number of piperidine rings is 1. The lowest BCUT2D eigenvalue weighted by molar-refractivity contribution is -0.122. The quantitative estimate of drug-likeness (QED) is 0.669. The maximum absolute atomic E-state index is 12.8. The summed E-state index contributed by atoms with van der Waals surface area (Å²) in [6, 6.07) is 12.1. The standard InChI is InChI=1S/C26H34N2O3/c1-18-10-11-22(17-21(18)4)26(30)28-14-12-23(13-15-28)27-24(29)9-6-16-31-25-19(2)7-5-8-20(25)3/h5,7-8,10-11,17,23H,6,9,12-16H2,1-4H3,(H,27,29). The molecule has 1 fully saturated rings. The number of nitrogens with zero attached hydrogens (tertiary/aromatic N) is 1. The van der Waals surface area contributed by atoms with E-state index in [9.17, 15) is 9.59 Å². The van der Waals surface area contributed by atoms with Gasteiger partial charge in [-0.15, -0.1) is 0 Å². The average molecular weight is 423 g/mol. The number of hydrogen-bond donors (Lipinski definition) is 1. The summed E-state index contributed by atoms with van der Waals surface area (Å²) in [7, 11) is 0. The molecule has 0 radical (unpaired) electrons. The van der Waals surface area contributed by atoms with Crippen molar-refractivity contribution in [3.8, 4) is 5.75 Å². The Bertz CT molecular complexity index is 910. The lowest BCUT2D eigenvalue weighted by Gasteiger charge is -2.32. The fraction of sp³-hybridized carbons (Fsp3) is 0.462. The van der Waals surface area contributed by atoms with Crippen LogP contribution in [0.2, 0.25) is 0 Å². The van der Waals surface area contributed by atoms with Gasteiger partial charge in [0.2, 0.25) is 5.91 Å². The predicted octanol–water partition coefficient (Wildman–Crippen LogP) is 4.50. The van der Waals surface area contributed by atoms with Gasteiger partial charge in [0.15, 0.2) is 0 Å². The largest absolute Gasteiger partial charge is 0.493 e. The van der Waals surface area contributed by atoms with Crippen molar-refractivity contribution in [2.24, 2.45) is 0 Å². The smallest absolute Gasteiger partial charge is 0.253 e. The van der Waals surface area contributed by atoms with Crippen molar-refractivity contribution in [2.45, 2.75) is 59.4 Å². The molecule has 0 atom stereocenters. The Balaban J connectivity index is 1.38. The van der Waals surface area contributed by atoms with Crippen molar-refractivity contribution in [1.29, 1.82) is 0 Å². The molecule has 2 amide bonds. The van der Waals surface area contributed by atoms with Crippen molar-refractivity contribution in [1.82, 2.24) is 10.2 Å². The highest BCUT2D eigenvalue weighted by molar-refractivity contribution is 5.94. The third-order valence-electron chi connectivity index (χ3n) is 6.10. The second kappa shape index (κ2) is 10.5. The molecule has 1 aliphatic rings. The molecule has 0 aromatic heterocycles. The molecule has 5 nitrogen and oxygen atoms in total. The Morgan fingerprint density at radius 1 is 0.968 bits per heavy atom. The van der Waals surface area contributed by atoms with E-state index in [1.54, 1.807) is 0 Å². The molecule has 0 aliphatic carbocycles. The predicted molar refractivity (Wildman–Crippen MR) is 124 cm³/mol. The van der Waals surface area contributed by atoms with Crippen LogP contribution in [0.15, 0.2) is 36.4 Å². The van der Waals surface area contributed by atoms with Gasteiger partial charge < -0.3 is 15.0 Å². The highest BCUT2D eigenvalue weighted by Gasteiger charge is 2.24. The molecule has 31 heavy (non-hydrogen) atoms. The first-order valence-corrected chi connectivity index (χ1v) is 11.2. The molecule has 0 bridgehead atoms. The molecule has 2 aromatic carbocycles. The Kier molecular flexibility index (Phi) is 7.72.